The maximum Gasteiger partial charge on any atom is 0.240 e. The molecule has 3 saturated heterocycles. The Bertz CT molecular complexity index is 834. The van der Waals surface area contributed by atoms with Gasteiger partial charge in [0.05, 0.1) is 34.8 Å². The molecule has 1 N–H and O–H groups in total. The molecule has 5 atom stereocenters. The highest BCUT2D eigenvalue weighted by molar-refractivity contribution is 14.1. The fraction of sp³-hybridized carbons (Fsp3) is 0.471. The molecule has 3 unspecified atom stereocenters. The smallest absolute Gasteiger partial charge is 0.240 e. The van der Waals surface area contributed by atoms with Gasteiger partial charge in [-0.25, -0.2) is 4.90 Å². The van der Waals surface area contributed by atoms with Crippen LogP contribution in [0.3, 0.4) is 0 Å². The number of hydrogen-bond acceptors (Lipinski definition) is 5. The highest BCUT2D eigenvalue weighted by Crippen LogP contribution is 2.60. The van der Waals surface area contributed by atoms with Crippen LogP contribution in [0, 0.1) is 26.7 Å². The molecular weight excluding hydrogens is 423 g/mol. The molecular formula is C17H15IN2O4. The first-order valence-electron chi connectivity index (χ1n) is 7.68. The monoisotopic (exact) mass is 438 g/mol. The summed E-state index contributed by atoms with van der Waals surface area (Å²) in [6.45, 7) is 3.51. The standard InChI is InChI=1S/C17H15IN2O4/c1-16-6-11(21)17(2,24-16)13-12(16)14(22)20(15(13)23)9-4-3-8(7-19)10(18)5-9/h3-5,11-13,21H,6H2,1-2H3/t11?,12?,13-,16+,17?/m1/s1. The zero-order chi connectivity index (χ0) is 17.4. The molecule has 1 aromatic rings. The number of carbonyl (C=O) groups excluding carboxylic acids is 2. The van der Waals surface area contributed by atoms with Crippen LogP contribution in [0.1, 0.15) is 25.8 Å². The van der Waals surface area contributed by atoms with Gasteiger partial charge in [0.1, 0.15) is 11.7 Å². The number of carbonyl (C=O) groups is 2. The van der Waals surface area contributed by atoms with E-state index in [9.17, 15) is 14.7 Å². The summed E-state index contributed by atoms with van der Waals surface area (Å²) in [6, 6.07) is 6.95. The number of nitrogens with zero attached hydrogens (tertiary/aromatic N) is 2. The second-order valence-corrected chi connectivity index (χ2v) is 8.22. The van der Waals surface area contributed by atoms with Gasteiger partial charge in [-0.3, -0.25) is 9.59 Å². The number of halogens is 1. The number of rotatable bonds is 1. The van der Waals surface area contributed by atoms with E-state index in [-0.39, 0.29) is 11.8 Å². The molecule has 0 spiro atoms. The lowest BCUT2D eigenvalue weighted by Crippen LogP contribution is -2.49. The number of benzene rings is 1. The molecule has 7 heteroatoms. The van der Waals surface area contributed by atoms with Gasteiger partial charge in [-0.05, 0) is 54.6 Å². The Kier molecular flexibility index (Phi) is 3.18. The molecule has 2 bridgehead atoms. The van der Waals surface area contributed by atoms with Crippen molar-refractivity contribution in [2.45, 2.75) is 37.6 Å². The third-order valence-electron chi connectivity index (χ3n) is 5.63. The van der Waals surface area contributed by atoms with Crippen molar-refractivity contribution < 1.29 is 19.4 Å². The molecule has 0 saturated carbocycles. The third-order valence-corrected chi connectivity index (χ3v) is 6.52. The van der Waals surface area contributed by atoms with Crippen molar-refractivity contribution in [2.24, 2.45) is 11.8 Å². The first-order chi connectivity index (χ1) is 11.2. The summed E-state index contributed by atoms with van der Waals surface area (Å²) in [4.78, 5) is 27.2. The SMILES string of the molecule is CC12O[C@@](C)(CC1O)C1C(=O)N(c3ccc(C#N)c(I)c3)C(=O)[C@@H]12. The van der Waals surface area contributed by atoms with Gasteiger partial charge >= 0.3 is 0 Å². The van der Waals surface area contributed by atoms with E-state index in [4.69, 9.17) is 10.00 Å². The van der Waals surface area contributed by atoms with Crippen molar-refractivity contribution in [3.8, 4) is 6.07 Å². The number of nitriles is 1. The van der Waals surface area contributed by atoms with E-state index in [0.717, 1.165) is 0 Å². The number of aliphatic hydroxyl groups excluding tert-OH is 1. The fourth-order valence-electron chi connectivity index (χ4n) is 4.51. The first-order valence-corrected chi connectivity index (χ1v) is 8.76. The van der Waals surface area contributed by atoms with Crippen LogP contribution in [0.25, 0.3) is 0 Å². The molecule has 124 valence electrons. The first kappa shape index (κ1) is 16.0. The number of anilines is 1. The quantitative estimate of drug-likeness (QED) is 0.531. The minimum Gasteiger partial charge on any atom is -0.390 e. The molecule has 3 aliphatic rings. The Morgan fingerprint density at radius 1 is 1.33 bits per heavy atom. The van der Waals surface area contributed by atoms with Gasteiger partial charge in [-0.2, -0.15) is 5.26 Å². The molecule has 0 radical (unpaired) electrons. The van der Waals surface area contributed by atoms with E-state index in [1.54, 1.807) is 32.0 Å². The second kappa shape index (κ2) is 4.77. The normalized spacial score (nSPS) is 40.1. The van der Waals surface area contributed by atoms with Crippen LogP contribution < -0.4 is 4.90 Å². The van der Waals surface area contributed by atoms with E-state index in [2.05, 4.69) is 6.07 Å². The molecule has 1 aromatic carbocycles. The van der Waals surface area contributed by atoms with E-state index < -0.39 is 29.1 Å². The lowest BCUT2D eigenvalue weighted by molar-refractivity contribution is -0.132. The Hall–Kier alpha value is -1.50. The molecule has 0 aromatic heterocycles. The Balaban J connectivity index is 1.79. The number of amides is 2. The van der Waals surface area contributed by atoms with Gasteiger partial charge in [0.2, 0.25) is 11.8 Å². The minimum atomic E-state index is -1.03. The average molecular weight is 438 g/mol. The lowest BCUT2D eigenvalue weighted by Gasteiger charge is -2.31. The maximum atomic E-state index is 13.0. The zero-order valence-corrected chi connectivity index (χ0v) is 15.3. The van der Waals surface area contributed by atoms with Crippen molar-refractivity contribution in [3.63, 3.8) is 0 Å². The summed E-state index contributed by atoms with van der Waals surface area (Å²) >= 11 is 2.01. The van der Waals surface area contributed by atoms with Crippen LogP contribution in [-0.4, -0.2) is 34.2 Å². The molecule has 3 aliphatic heterocycles. The summed E-state index contributed by atoms with van der Waals surface area (Å²) in [5, 5.41) is 19.4. The number of hydrogen-bond donors (Lipinski definition) is 1. The lowest BCUT2D eigenvalue weighted by atomic mass is 9.67. The summed E-state index contributed by atoms with van der Waals surface area (Å²) in [6.07, 6.45) is -0.413. The highest BCUT2D eigenvalue weighted by Gasteiger charge is 2.75. The molecule has 4 rings (SSSR count). The van der Waals surface area contributed by atoms with Gasteiger partial charge in [0.15, 0.2) is 0 Å². The van der Waals surface area contributed by atoms with Gasteiger partial charge in [0.25, 0.3) is 0 Å². The number of fused-ring (bicyclic) bond motifs is 5. The predicted molar refractivity (Wildman–Crippen MR) is 91.9 cm³/mol. The second-order valence-electron chi connectivity index (χ2n) is 7.06. The number of aliphatic hydroxyl groups is 1. The van der Waals surface area contributed by atoms with E-state index >= 15 is 0 Å². The van der Waals surface area contributed by atoms with Crippen LogP contribution >= 0.6 is 22.6 Å². The molecule has 24 heavy (non-hydrogen) atoms. The van der Waals surface area contributed by atoms with E-state index in [1.165, 1.54) is 4.90 Å². The van der Waals surface area contributed by atoms with Crippen molar-refractivity contribution in [1.82, 2.24) is 0 Å². The van der Waals surface area contributed by atoms with Crippen molar-refractivity contribution >= 4 is 40.1 Å². The van der Waals surface area contributed by atoms with Crippen molar-refractivity contribution in [2.75, 3.05) is 4.90 Å². The zero-order valence-electron chi connectivity index (χ0n) is 13.1. The summed E-state index contributed by atoms with van der Waals surface area (Å²) < 4.78 is 6.63. The van der Waals surface area contributed by atoms with Gasteiger partial charge in [0, 0.05) is 9.99 Å². The van der Waals surface area contributed by atoms with Crippen LogP contribution in [0.15, 0.2) is 18.2 Å². The molecule has 3 fully saturated rings. The van der Waals surface area contributed by atoms with Crippen LogP contribution in [0.4, 0.5) is 5.69 Å². The predicted octanol–water partition coefficient (Wildman–Crippen LogP) is 1.58. The summed E-state index contributed by atoms with van der Waals surface area (Å²) in [5.41, 5.74) is -0.888. The van der Waals surface area contributed by atoms with E-state index in [1.807, 2.05) is 22.6 Å². The number of ether oxygens (including phenoxy) is 1. The average Bonchev–Trinajstić information content (AvgIpc) is 3.01. The van der Waals surface area contributed by atoms with Crippen LogP contribution in [0.5, 0.6) is 0 Å². The topological polar surface area (TPSA) is 90.6 Å². The Morgan fingerprint density at radius 2 is 2.00 bits per heavy atom. The summed E-state index contributed by atoms with van der Waals surface area (Å²) in [5.74, 6) is -1.88. The largest absolute Gasteiger partial charge is 0.390 e. The minimum absolute atomic E-state index is 0.288. The summed E-state index contributed by atoms with van der Waals surface area (Å²) in [7, 11) is 0. The number of imide groups is 1. The van der Waals surface area contributed by atoms with Crippen LogP contribution in [-0.2, 0) is 14.3 Å². The fourth-order valence-corrected chi connectivity index (χ4v) is 5.13. The van der Waals surface area contributed by atoms with Crippen molar-refractivity contribution in [1.29, 1.82) is 5.26 Å². The molecule has 3 heterocycles. The van der Waals surface area contributed by atoms with Crippen molar-refractivity contribution in [3.05, 3.63) is 27.3 Å². The van der Waals surface area contributed by atoms with E-state index in [0.29, 0.717) is 21.2 Å². The third kappa shape index (κ3) is 1.76. The Labute approximate surface area is 152 Å². The van der Waals surface area contributed by atoms with Crippen LogP contribution in [0.2, 0.25) is 0 Å². The highest BCUT2D eigenvalue weighted by atomic mass is 127. The van der Waals surface area contributed by atoms with Gasteiger partial charge < -0.3 is 9.84 Å². The Morgan fingerprint density at radius 3 is 2.62 bits per heavy atom. The van der Waals surface area contributed by atoms with Gasteiger partial charge in [-0.1, -0.05) is 0 Å². The maximum absolute atomic E-state index is 13.0. The molecule has 2 amide bonds. The van der Waals surface area contributed by atoms with Gasteiger partial charge in [-0.15, -0.1) is 0 Å². The molecule has 0 aliphatic carbocycles. The molecule has 6 nitrogen and oxygen atoms in total.